The van der Waals surface area contributed by atoms with Crippen molar-refractivity contribution in [2.75, 3.05) is 31.7 Å². The van der Waals surface area contributed by atoms with E-state index >= 15 is 0 Å². The molecule has 6 heteroatoms. The molecule has 1 heterocycles. The Bertz CT molecular complexity index is 310. The fourth-order valence-corrected chi connectivity index (χ4v) is 2.08. The van der Waals surface area contributed by atoms with Gasteiger partial charge in [-0.3, -0.25) is 0 Å². The van der Waals surface area contributed by atoms with Crippen molar-refractivity contribution in [2.45, 2.75) is 0 Å². The fourth-order valence-electron chi connectivity index (χ4n) is 0.953. The van der Waals surface area contributed by atoms with E-state index in [0.717, 1.165) is 14.8 Å². The van der Waals surface area contributed by atoms with Gasteiger partial charge in [0.15, 0.2) is 0 Å². The highest BCUT2D eigenvalue weighted by molar-refractivity contribution is 9.11. The zero-order chi connectivity index (χ0) is 11.1. The van der Waals surface area contributed by atoms with Gasteiger partial charge in [-0.15, -0.1) is 0 Å². The van der Waals surface area contributed by atoms with Crippen molar-refractivity contribution in [3.05, 3.63) is 21.2 Å². The highest BCUT2D eigenvalue weighted by Gasteiger charge is 2.00. The monoisotopic (exact) mass is 338 g/mol. The molecule has 0 saturated heterocycles. The molecule has 0 bridgehead atoms. The fraction of sp³-hybridized carbons (Fsp3) is 0.444. The van der Waals surface area contributed by atoms with Gasteiger partial charge >= 0.3 is 0 Å². The van der Waals surface area contributed by atoms with Crippen molar-refractivity contribution in [3.63, 3.8) is 0 Å². The van der Waals surface area contributed by atoms with E-state index in [1.807, 2.05) is 6.07 Å². The van der Waals surface area contributed by atoms with Crippen LogP contribution in [0.4, 0.5) is 5.82 Å². The van der Waals surface area contributed by atoms with E-state index in [1.165, 1.54) is 0 Å². The van der Waals surface area contributed by atoms with Gasteiger partial charge in [-0.05, 0) is 37.9 Å². The van der Waals surface area contributed by atoms with Gasteiger partial charge in [-0.1, -0.05) is 0 Å². The molecule has 0 aliphatic rings. The van der Waals surface area contributed by atoms with E-state index in [1.54, 1.807) is 6.20 Å². The number of aromatic nitrogens is 1. The zero-order valence-electron chi connectivity index (χ0n) is 8.04. The standard InChI is InChI=1S/C9H12Br2N2O2/c10-7-5-8(11)9(13-6-7)12-1-3-15-4-2-14/h5-6,14H,1-4H2,(H,12,13). The van der Waals surface area contributed by atoms with E-state index in [2.05, 4.69) is 42.2 Å². The lowest BCUT2D eigenvalue weighted by molar-refractivity contribution is 0.0992. The first-order valence-corrected chi connectivity index (χ1v) is 6.06. The molecule has 0 saturated carbocycles. The van der Waals surface area contributed by atoms with Crippen molar-refractivity contribution in [1.82, 2.24) is 4.98 Å². The van der Waals surface area contributed by atoms with Crippen molar-refractivity contribution in [2.24, 2.45) is 0 Å². The molecule has 0 amide bonds. The molecule has 1 aromatic rings. The first-order chi connectivity index (χ1) is 7.24. The van der Waals surface area contributed by atoms with Crippen LogP contribution >= 0.6 is 31.9 Å². The van der Waals surface area contributed by atoms with E-state index in [-0.39, 0.29) is 6.61 Å². The average Bonchev–Trinajstić information content (AvgIpc) is 2.20. The summed E-state index contributed by atoms with van der Waals surface area (Å²) in [7, 11) is 0. The average molecular weight is 340 g/mol. The predicted octanol–water partition coefficient (Wildman–Crippen LogP) is 2.03. The van der Waals surface area contributed by atoms with Crippen molar-refractivity contribution < 1.29 is 9.84 Å². The molecule has 1 rings (SSSR count). The van der Waals surface area contributed by atoms with E-state index in [4.69, 9.17) is 9.84 Å². The normalized spacial score (nSPS) is 10.3. The number of pyridine rings is 1. The van der Waals surface area contributed by atoms with Gasteiger partial charge in [0.2, 0.25) is 0 Å². The Labute approximate surface area is 105 Å². The summed E-state index contributed by atoms with van der Waals surface area (Å²) in [6, 6.07) is 1.92. The van der Waals surface area contributed by atoms with Crippen LogP contribution in [0.15, 0.2) is 21.2 Å². The molecule has 0 unspecified atom stereocenters. The third kappa shape index (κ3) is 4.92. The maximum atomic E-state index is 8.49. The van der Waals surface area contributed by atoms with Crippen LogP contribution in [0.25, 0.3) is 0 Å². The summed E-state index contributed by atoms with van der Waals surface area (Å²) in [5.74, 6) is 0.783. The SMILES string of the molecule is OCCOCCNc1ncc(Br)cc1Br. The first-order valence-electron chi connectivity index (χ1n) is 4.47. The predicted molar refractivity (Wildman–Crippen MR) is 66.0 cm³/mol. The number of anilines is 1. The summed E-state index contributed by atoms with van der Waals surface area (Å²) < 4.78 is 6.93. The Morgan fingerprint density at radius 3 is 2.87 bits per heavy atom. The van der Waals surface area contributed by atoms with Crippen LogP contribution < -0.4 is 5.32 Å². The molecule has 15 heavy (non-hydrogen) atoms. The second-order valence-corrected chi connectivity index (χ2v) is 4.52. The third-order valence-electron chi connectivity index (χ3n) is 1.58. The number of aliphatic hydroxyl groups excluding tert-OH is 1. The minimum absolute atomic E-state index is 0.0558. The second kappa shape index (κ2) is 7.16. The third-order valence-corrected chi connectivity index (χ3v) is 2.62. The van der Waals surface area contributed by atoms with Crippen LogP contribution in [-0.4, -0.2) is 36.5 Å². The molecule has 0 fully saturated rings. The molecule has 0 spiro atoms. The lowest BCUT2D eigenvalue weighted by Gasteiger charge is -2.07. The molecule has 0 radical (unpaired) electrons. The van der Waals surface area contributed by atoms with Gasteiger partial charge in [0.1, 0.15) is 5.82 Å². The summed E-state index contributed by atoms with van der Waals surface area (Å²) >= 11 is 6.72. The van der Waals surface area contributed by atoms with Crippen LogP contribution in [0.1, 0.15) is 0 Å². The van der Waals surface area contributed by atoms with Gasteiger partial charge in [0, 0.05) is 17.2 Å². The number of rotatable bonds is 6. The lowest BCUT2D eigenvalue weighted by atomic mass is 10.4. The number of halogens is 2. The second-order valence-electron chi connectivity index (χ2n) is 2.75. The molecule has 0 atom stereocenters. The van der Waals surface area contributed by atoms with E-state index in [9.17, 15) is 0 Å². The largest absolute Gasteiger partial charge is 0.394 e. The summed E-state index contributed by atoms with van der Waals surface area (Å²) in [5.41, 5.74) is 0. The van der Waals surface area contributed by atoms with Crippen molar-refractivity contribution >= 4 is 37.7 Å². The summed E-state index contributed by atoms with van der Waals surface area (Å²) in [5, 5.41) is 11.6. The molecule has 0 aliphatic carbocycles. The van der Waals surface area contributed by atoms with Gasteiger partial charge in [0.05, 0.1) is 24.3 Å². The summed E-state index contributed by atoms with van der Waals surface area (Å²) in [6.07, 6.45) is 1.72. The minimum Gasteiger partial charge on any atom is -0.394 e. The quantitative estimate of drug-likeness (QED) is 0.779. The highest BCUT2D eigenvalue weighted by Crippen LogP contribution is 2.22. The number of ether oxygens (including phenoxy) is 1. The van der Waals surface area contributed by atoms with Gasteiger partial charge in [-0.2, -0.15) is 0 Å². The topological polar surface area (TPSA) is 54.4 Å². The maximum Gasteiger partial charge on any atom is 0.140 e. The molecule has 1 aromatic heterocycles. The number of hydrogen-bond donors (Lipinski definition) is 2. The van der Waals surface area contributed by atoms with E-state index < -0.39 is 0 Å². The van der Waals surface area contributed by atoms with Crippen LogP contribution in [0.5, 0.6) is 0 Å². The summed E-state index contributed by atoms with van der Waals surface area (Å²) in [6.45, 7) is 1.63. The molecule has 0 aromatic carbocycles. The minimum atomic E-state index is 0.0558. The maximum absolute atomic E-state index is 8.49. The van der Waals surface area contributed by atoms with Gasteiger partial charge in [0.25, 0.3) is 0 Å². The molecule has 2 N–H and O–H groups in total. The Morgan fingerprint density at radius 2 is 2.20 bits per heavy atom. The molecular weight excluding hydrogens is 328 g/mol. The van der Waals surface area contributed by atoms with Gasteiger partial charge < -0.3 is 15.2 Å². The lowest BCUT2D eigenvalue weighted by Crippen LogP contribution is -2.12. The Hall–Kier alpha value is -0.170. The van der Waals surface area contributed by atoms with Crippen LogP contribution in [0, 0.1) is 0 Å². The zero-order valence-corrected chi connectivity index (χ0v) is 11.2. The van der Waals surface area contributed by atoms with Crippen molar-refractivity contribution in [3.8, 4) is 0 Å². The van der Waals surface area contributed by atoms with E-state index in [0.29, 0.717) is 19.8 Å². The molecular formula is C9H12Br2N2O2. The van der Waals surface area contributed by atoms with Gasteiger partial charge in [-0.25, -0.2) is 4.98 Å². The van der Waals surface area contributed by atoms with Crippen LogP contribution in [0.2, 0.25) is 0 Å². The molecule has 4 nitrogen and oxygen atoms in total. The highest BCUT2D eigenvalue weighted by atomic mass is 79.9. The smallest absolute Gasteiger partial charge is 0.140 e. The number of hydrogen-bond acceptors (Lipinski definition) is 4. The Morgan fingerprint density at radius 1 is 1.40 bits per heavy atom. The Balaban J connectivity index is 2.31. The number of nitrogens with zero attached hydrogens (tertiary/aromatic N) is 1. The first kappa shape index (κ1) is 12.9. The number of aliphatic hydroxyl groups is 1. The van der Waals surface area contributed by atoms with Crippen molar-refractivity contribution in [1.29, 1.82) is 0 Å². The molecule has 0 aliphatic heterocycles. The Kier molecular flexibility index (Phi) is 6.16. The van der Waals surface area contributed by atoms with Crippen LogP contribution in [0.3, 0.4) is 0 Å². The number of nitrogens with one attached hydrogen (secondary N) is 1. The summed E-state index contributed by atoms with van der Waals surface area (Å²) in [4.78, 5) is 4.19. The van der Waals surface area contributed by atoms with Crippen LogP contribution in [-0.2, 0) is 4.74 Å². The molecule has 84 valence electrons.